The molecule has 5 heteroatoms. The van der Waals surface area contributed by atoms with Gasteiger partial charge >= 0.3 is 0 Å². The molecule has 0 saturated heterocycles. The summed E-state index contributed by atoms with van der Waals surface area (Å²) in [5.74, 6) is -1.37. The Morgan fingerprint density at radius 3 is 2.22 bits per heavy atom. The van der Waals surface area contributed by atoms with Crippen LogP contribution in [0.15, 0.2) is 36.4 Å². The summed E-state index contributed by atoms with van der Waals surface area (Å²) in [6, 6.07) is 7.47. The Morgan fingerprint density at radius 2 is 1.61 bits per heavy atom. The zero-order valence-electron chi connectivity index (χ0n) is 9.00. The maximum absolute atomic E-state index is 13.6. The minimum Gasteiger partial charge on any atom is -0.383 e. The number of aliphatic hydroxyl groups excluding tert-OH is 1. The summed E-state index contributed by atoms with van der Waals surface area (Å²) in [5.41, 5.74) is -0.0460. The van der Waals surface area contributed by atoms with Gasteiger partial charge in [0.2, 0.25) is 0 Å². The van der Waals surface area contributed by atoms with Gasteiger partial charge in [0.05, 0.1) is 0 Å². The van der Waals surface area contributed by atoms with Crippen molar-refractivity contribution in [2.24, 2.45) is 0 Å². The van der Waals surface area contributed by atoms with E-state index in [2.05, 4.69) is 0 Å². The van der Waals surface area contributed by atoms with Gasteiger partial charge in [0.1, 0.15) is 17.7 Å². The summed E-state index contributed by atoms with van der Waals surface area (Å²) in [6.45, 7) is 0. The van der Waals surface area contributed by atoms with E-state index in [0.29, 0.717) is 0 Å². The average Bonchev–Trinajstić information content (AvgIpc) is 2.32. The van der Waals surface area contributed by atoms with Crippen LogP contribution in [0.2, 0.25) is 10.0 Å². The number of halogens is 4. The van der Waals surface area contributed by atoms with Gasteiger partial charge < -0.3 is 5.11 Å². The molecule has 94 valence electrons. The number of hydrogen-bond donors (Lipinski definition) is 1. The van der Waals surface area contributed by atoms with Crippen LogP contribution in [0.4, 0.5) is 8.78 Å². The van der Waals surface area contributed by atoms with Gasteiger partial charge in [-0.05, 0) is 30.3 Å². The van der Waals surface area contributed by atoms with Crippen LogP contribution in [0.25, 0.3) is 0 Å². The molecule has 0 aliphatic heterocycles. The van der Waals surface area contributed by atoms with E-state index in [1.807, 2.05) is 0 Å². The molecule has 1 N–H and O–H groups in total. The maximum Gasteiger partial charge on any atom is 0.129 e. The molecular weight excluding hydrogens is 281 g/mol. The lowest BCUT2D eigenvalue weighted by Crippen LogP contribution is -2.04. The van der Waals surface area contributed by atoms with Crippen molar-refractivity contribution in [2.75, 3.05) is 0 Å². The SMILES string of the molecule is OC(c1cc(F)ccc1F)c1c(Cl)cccc1Cl. The van der Waals surface area contributed by atoms with Crippen LogP contribution >= 0.6 is 23.2 Å². The van der Waals surface area contributed by atoms with Crippen molar-refractivity contribution in [3.63, 3.8) is 0 Å². The number of hydrogen-bond acceptors (Lipinski definition) is 1. The first-order chi connectivity index (χ1) is 8.50. The van der Waals surface area contributed by atoms with E-state index in [9.17, 15) is 13.9 Å². The molecule has 0 saturated carbocycles. The van der Waals surface area contributed by atoms with E-state index in [1.165, 1.54) is 12.1 Å². The third kappa shape index (κ3) is 2.48. The Hall–Kier alpha value is -1.16. The van der Waals surface area contributed by atoms with Crippen LogP contribution in [0.3, 0.4) is 0 Å². The smallest absolute Gasteiger partial charge is 0.129 e. The van der Waals surface area contributed by atoms with Crippen LogP contribution in [-0.2, 0) is 0 Å². The molecule has 0 aliphatic rings. The van der Waals surface area contributed by atoms with Gasteiger partial charge in [0.15, 0.2) is 0 Å². The summed E-state index contributed by atoms with van der Waals surface area (Å²) >= 11 is 11.8. The molecule has 2 aromatic carbocycles. The largest absolute Gasteiger partial charge is 0.383 e. The topological polar surface area (TPSA) is 20.2 Å². The zero-order chi connectivity index (χ0) is 13.3. The molecule has 0 aromatic heterocycles. The van der Waals surface area contributed by atoms with Crippen molar-refractivity contribution in [1.29, 1.82) is 0 Å². The van der Waals surface area contributed by atoms with E-state index in [-0.39, 0.29) is 21.2 Å². The highest BCUT2D eigenvalue weighted by Gasteiger charge is 2.20. The second-order valence-electron chi connectivity index (χ2n) is 3.70. The fourth-order valence-corrected chi connectivity index (χ4v) is 2.26. The lowest BCUT2D eigenvalue weighted by Gasteiger charge is -2.15. The first kappa shape index (κ1) is 13.3. The fourth-order valence-electron chi connectivity index (χ4n) is 1.65. The van der Waals surface area contributed by atoms with Crippen LogP contribution in [0, 0.1) is 11.6 Å². The molecule has 0 bridgehead atoms. The highest BCUT2D eigenvalue weighted by molar-refractivity contribution is 6.36. The number of rotatable bonds is 2. The Morgan fingerprint density at radius 1 is 1.00 bits per heavy atom. The molecule has 2 rings (SSSR count). The second kappa shape index (κ2) is 5.22. The Labute approximate surface area is 113 Å². The number of benzene rings is 2. The fraction of sp³-hybridized carbons (Fsp3) is 0.0769. The van der Waals surface area contributed by atoms with E-state index in [4.69, 9.17) is 23.2 Å². The van der Waals surface area contributed by atoms with Crippen molar-refractivity contribution < 1.29 is 13.9 Å². The molecular formula is C13H8Cl2F2O. The lowest BCUT2D eigenvalue weighted by atomic mass is 10.0. The molecule has 1 atom stereocenters. The lowest BCUT2D eigenvalue weighted by molar-refractivity contribution is 0.214. The van der Waals surface area contributed by atoms with Crippen molar-refractivity contribution in [1.82, 2.24) is 0 Å². The molecule has 1 unspecified atom stereocenters. The molecule has 0 heterocycles. The zero-order valence-corrected chi connectivity index (χ0v) is 10.5. The van der Waals surface area contributed by atoms with Gasteiger partial charge in [0, 0.05) is 21.2 Å². The molecule has 0 aliphatic carbocycles. The second-order valence-corrected chi connectivity index (χ2v) is 4.52. The quantitative estimate of drug-likeness (QED) is 0.871. The minimum absolute atomic E-state index is 0.158. The average molecular weight is 289 g/mol. The first-order valence-electron chi connectivity index (χ1n) is 5.07. The van der Waals surface area contributed by atoms with Crippen molar-refractivity contribution >= 4 is 23.2 Å². The Kier molecular flexibility index (Phi) is 3.85. The van der Waals surface area contributed by atoms with Gasteiger partial charge in [-0.1, -0.05) is 29.3 Å². The van der Waals surface area contributed by atoms with E-state index >= 15 is 0 Å². The summed E-state index contributed by atoms with van der Waals surface area (Å²) in [7, 11) is 0. The molecule has 0 amide bonds. The molecule has 2 aromatic rings. The summed E-state index contributed by atoms with van der Waals surface area (Å²) in [5, 5.41) is 10.5. The maximum atomic E-state index is 13.6. The molecule has 1 nitrogen and oxygen atoms in total. The Balaban J connectivity index is 2.54. The third-order valence-corrected chi connectivity index (χ3v) is 3.18. The van der Waals surface area contributed by atoms with E-state index < -0.39 is 17.7 Å². The normalized spacial score (nSPS) is 12.5. The summed E-state index contributed by atoms with van der Waals surface area (Å²) in [4.78, 5) is 0. The monoisotopic (exact) mass is 288 g/mol. The predicted octanol–water partition coefficient (Wildman–Crippen LogP) is 4.35. The first-order valence-corrected chi connectivity index (χ1v) is 5.83. The van der Waals surface area contributed by atoms with Crippen molar-refractivity contribution in [3.05, 3.63) is 69.2 Å². The molecule has 18 heavy (non-hydrogen) atoms. The van der Waals surface area contributed by atoms with Crippen molar-refractivity contribution in [3.8, 4) is 0 Å². The van der Waals surface area contributed by atoms with Crippen LogP contribution in [0.1, 0.15) is 17.2 Å². The van der Waals surface area contributed by atoms with E-state index in [0.717, 1.165) is 18.2 Å². The third-order valence-electron chi connectivity index (χ3n) is 2.53. The van der Waals surface area contributed by atoms with Gasteiger partial charge in [-0.25, -0.2) is 8.78 Å². The van der Waals surface area contributed by atoms with Crippen molar-refractivity contribution in [2.45, 2.75) is 6.10 Å². The van der Waals surface area contributed by atoms with Gasteiger partial charge in [-0.2, -0.15) is 0 Å². The molecule has 0 radical (unpaired) electrons. The van der Waals surface area contributed by atoms with Crippen LogP contribution in [-0.4, -0.2) is 5.11 Å². The van der Waals surface area contributed by atoms with Gasteiger partial charge in [0.25, 0.3) is 0 Å². The minimum atomic E-state index is -1.41. The highest BCUT2D eigenvalue weighted by Crippen LogP contribution is 2.35. The van der Waals surface area contributed by atoms with Gasteiger partial charge in [-0.15, -0.1) is 0 Å². The number of aliphatic hydroxyl groups is 1. The van der Waals surface area contributed by atoms with E-state index in [1.54, 1.807) is 6.07 Å². The molecule has 0 spiro atoms. The molecule has 0 fully saturated rings. The Bertz CT molecular complexity index is 567. The van der Waals surface area contributed by atoms with Gasteiger partial charge in [-0.3, -0.25) is 0 Å². The highest BCUT2D eigenvalue weighted by atomic mass is 35.5. The van der Waals surface area contributed by atoms with Crippen LogP contribution < -0.4 is 0 Å². The standard InChI is InChI=1S/C13H8Cl2F2O/c14-9-2-1-3-10(15)12(9)13(18)8-6-7(16)4-5-11(8)17/h1-6,13,18H. The predicted molar refractivity (Wildman–Crippen MR) is 66.9 cm³/mol. The summed E-state index contributed by atoms with van der Waals surface area (Å²) in [6.07, 6.45) is -1.41. The van der Waals surface area contributed by atoms with Crippen LogP contribution in [0.5, 0.6) is 0 Å². The summed E-state index contributed by atoms with van der Waals surface area (Å²) < 4.78 is 26.6.